The minimum absolute atomic E-state index is 0.0317. The van der Waals surface area contributed by atoms with Gasteiger partial charge in [-0.15, -0.1) is 0 Å². The minimum Gasteiger partial charge on any atom is -0.363 e. The first-order valence-corrected chi connectivity index (χ1v) is 13.5. The highest BCUT2D eigenvalue weighted by atomic mass is 35.5. The normalized spacial score (nSPS) is 17.1. The molecule has 1 aromatic heterocycles. The Bertz CT molecular complexity index is 1280. The van der Waals surface area contributed by atoms with Crippen LogP contribution in [0, 0.1) is 0 Å². The van der Waals surface area contributed by atoms with E-state index >= 15 is 0 Å². The lowest BCUT2D eigenvalue weighted by molar-refractivity contribution is -0.136. The minimum atomic E-state index is -4.38. The summed E-state index contributed by atoms with van der Waals surface area (Å²) < 4.78 is 65.4. The third-order valence-electron chi connectivity index (χ3n) is 5.85. The molecule has 0 unspecified atom stereocenters. The molecular formula is C25H29ClF3N5O3S. The van der Waals surface area contributed by atoms with Crippen molar-refractivity contribution in [2.45, 2.75) is 56.0 Å². The molecule has 2 heterocycles. The van der Waals surface area contributed by atoms with E-state index < -0.39 is 46.7 Å². The zero-order chi connectivity index (χ0) is 28.1. The zero-order valence-corrected chi connectivity index (χ0v) is 22.5. The number of aromatic nitrogens is 1. The fraction of sp³-hybridized carbons (Fsp3) is 0.400. The molecule has 2 N–H and O–H groups in total. The number of carbonyl (C=O) groups excluding carboxylic acids is 1. The van der Waals surface area contributed by atoms with Crippen molar-refractivity contribution in [1.82, 2.24) is 19.9 Å². The number of aliphatic imine (C=N–C) groups is 1. The second kappa shape index (κ2) is 11.8. The van der Waals surface area contributed by atoms with Crippen LogP contribution in [0.25, 0.3) is 0 Å². The maximum atomic E-state index is 13.4. The fourth-order valence-corrected chi connectivity index (χ4v) is 5.26. The van der Waals surface area contributed by atoms with Gasteiger partial charge in [0.25, 0.3) is 10.0 Å². The lowest BCUT2D eigenvalue weighted by atomic mass is 9.96. The number of hydrogen-bond donors (Lipinski definition) is 2. The van der Waals surface area contributed by atoms with Crippen LogP contribution in [0.4, 0.5) is 13.2 Å². The average molecular weight is 572 g/mol. The molecule has 0 spiro atoms. The highest BCUT2D eigenvalue weighted by molar-refractivity contribution is 7.89. The van der Waals surface area contributed by atoms with Gasteiger partial charge in [-0.3, -0.25) is 9.79 Å². The molecule has 0 saturated heterocycles. The molecule has 38 heavy (non-hydrogen) atoms. The number of benzene rings is 1. The Morgan fingerprint density at radius 1 is 1.21 bits per heavy atom. The Morgan fingerprint density at radius 3 is 2.50 bits per heavy atom. The zero-order valence-electron chi connectivity index (χ0n) is 20.9. The van der Waals surface area contributed by atoms with E-state index in [9.17, 15) is 26.4 Å². The molecule has 1 aromatic carbocycles. The predicted octanol–water partition coefficient (Wildman–Crippen LogP) is 4.09. The molecule has 8 nitrogen and oxygen atoms in total. The molecule has 1 amide bonds. The van der Waals surface area contributed by atoms with Crippen LogP contribution in [0.3, 0.4) is 0 Å². The molecule has 0 bridgehead atoms. The molecule has 13 heteroatoms. The molecule has 0 saturated carbocycles. The van der Waals surface area contributed by atoms with Gasteiger partial charge in [0, 0.05) is 30.9 Å². The number of nitrogens with one attached hydrogen (secondary N) is 2. The van der Waals surface area contributed by atoms with Crippen LogP contribution in [-0.4, -0.2) is 60.3 Å². The van der Waals surface area contributed by atoms with Crippen LogP contribution in [0.1, 0.15) is 32.3 Å². The van der Waals surface area contributed by atoms with E-state index in [1.54, 1.807) is 50.2 Å². The topological polar surface area (TPSA) is 104 Å². The summed E-state index contributed by atoms with van der Waals surface area (Å²) in [5, 5.41) is 5.78. The summed E-state index contributed by atoms with van der Waals surface area (Å²) >= 11 is 5.96. The molecule has 0 fully saturated rings. The van der Waals surface area contributed by atoms with Gasteiger partial charge in [-0.05, 0) is 55.7 Å². The summed E-state index contributed by atoms with van der Waals surface area (Å²) in [6.07, 6.45) is -3.96. The quantitative estimate of drug-likeness (QED) is 0.423. The number of hydrogen-bond acceptors (Lipinski definition) is 6. The molecule has 1 aliphatic heterocycles. The number of sulfonamides is 1. The van der Waals surface area contributed by atoms with Crippen LogP contribution < -0.4 is 10.6 Å². The van der Waals surface area contributed by atoms with Crippen molar-refractivity contribution < 1.29 is 26.4 Å². The molecule has 206 valence electrons. The van der Waals surface area contributed by atoms with Gasteiger partial charge in [0.05, 0.1) is 12.0 Å². The summed E-state index contributed by atoms with van der Waals surface area (Å²) in [4.78, 5) is 20.9. The van der Waals surface area contributed by atoms with Crippen LogP contribution in [0.5, 0.6) is 0 Å². The van der Waals surface area contributed by atoms with Crippen molar-refractivity contribution in [3.05, 3.63) is 71.4 Å². The Hall–Kier alpha value is -2.96. The first-order valence-electron chi connectivity index (χ1n) is 11.7. The Labute approximate surface area is 225 Å². The van der Waals surface area contributed by atoms with E-state index in [1.807, 2.05) is 0 Å². The third kappa shape index (κ3) is 7.78. The predicted molar refractivity (Wildman–Crippen MR) is 139 cm³/mol. The molecule has 0 radical (unpaired) electrons. The number of pyridine rings is 1. The molecule has 1 atom stereocenters. The maximum absolute atomic E-state index is 13.4. The van der Waals surface area contributed by atoms with Gasteiger partial charge in [-0.2, -0.15) is 17.5 Å². The average Bonchev–Trinajstić information content (AvgIpc) is 3.17. The summed E-state index contributed by atoms with van der Waals surface area (Å²) in [5.74, 6) is -0.343. The van der Waals surface area contributed by atoms with Crippen molar-refractivity contribution in [3.8, 4) is 0 Å². The van der Waals surface area contributed by atoms with Gasteiger partial charge in [0.15, 0.2) is 11.1 Å². The van der Waals surface area contributed by atoms with Crippen LogP contribution in [-0.2, 0) is 21.4 Å². The standard InChI is InChI=1S/C25H29ClF3N5O3S/c1-17(22-32-21(24(2,3)33-22)23(35)31-14-12-25(27,28)29)11-15-34(16-18-7-9-19(26)10-8-18)38(36,37)20-6-4-5-13-30-20/h4-10,13,21H,1,11-12,14-16H2,2-3H3,(H,31,35)(H,32,33)/t21-/m0/s1. The number of rotatable bonds is 11. The highest BCUT2D eigenvalue weighted by Crippen LogP contribution is 2.25. The van der Waals surface area contributed by atoms with Gasteiger partial charge in [0.1, 0.15) is 5.84 Å². The monoisotopic (exact) mass is 571 g/mol. The smallest absolute Gasteiger partial charge is 0.363 e. The van der Waals surface area contributed by atoms with Crippen molar-refractivity contribution >= 4 is 33.4 Å². The van der Waals surface area contributed by atoms with Gasteiger partial charge in [-0.1, -0.05) is 36.4 Å². The van der Waals surface area contributed by atoms with Crippen molar-refractivity contribution in [2.24, 2.45) is 4.99 Å². The largest absolute Gasteiger partial charge is 0.390 e. The second-order valence-corrected chi connectivity index (χ2v) is 11.7. The van der Waals surface area contributed by atoms with E-state index in [-0.39, 0.29) is 24.5 Å². The number of amides is 1. The van der Waals surface area contributed by atoms with Crippen molar-refractivity contribution in [2.75, 3.05) is 13.1 Å². The summed E-state index contributed by atoms with van der Waals surface area (Å²) in [7, 11) is -3.97. The summed E-state index contributed by atoms with van der Waals surface area (Å²) in [5.41, 5.74) is 0.275. The molecule has 0 aliphatic carbocycles. The van der Waals surface area contributed by atoms with Crippen LogP contribution in [0.2, 0.25) is 5.02 Å². The number of carbonyl (C=O) groups is 1. The van der Waals surface area contributed by atoms with Crippen LogP contribution in [0.15, 0.2) is 70.8 Å². The lowest BCUT2D eigenvalue weighted by Crippen LogP contribution is -2.51. The van der Waals surface area contributed by atoms with Crippen LogP contribution >= 0.6 is 11.6 Å². The number of alkyl halides is 3. The van der Waals surface area contributed by atoms with Gasteiger partial charge in [-0.25, -0.2) is 13.4 Å². The maximum Gasteiger partial charge on any atom is 0.390 e. The Morgan fingerprint density at radius 2 is 1.89 bits per heavy atom. The second-order valence-electron chi connectivity index (χ2n) is 9.37. The van der Waals surface area contributed by atoms with Crippen molar-refractivity contribution in [3.63, 3.8) is 0 Å². The number of amidine groups is 1. The van der Waals surface area contributed by atoms with E-state index in [0.29, 0.717) is 22.0 Å². The number of nitrogens with zero attached hydrogens (tertiary/aromatic N) is 3. The summed E-state index contributed by atoms with van der Waals surface area (Å²) in [6, 6.07) is 10.4. The number of halogens is 4. The first kappa shape index (κ1) is 29.6. The molecule has 2 aromatic rings. The summed E-state index contributed by atoms with van der Waals surface area (Å²) in [6.45, 7) is 6.94. The lowest BCUT2D eigenvalue weighted by Gasteiger charge is -2.26. The van der Waals surface area contributed by atoms with Gasteiger partial charge < -0.3 is 10.6 Å². The Kier molecular flexibility index (Phi) is 9.21. The Balaban J connectivity index is 1.74. The molecule has 3 rings (SSSR count). The highest BCUT2D eigenvalue weighted by Gasteiger charge is 2.41. The fourth-order valence-electron chi connectivity index (χ4n) is 3.77. The van der Waals surface area contributed by atoms with Gasteiger partial charge in [0.2, 0.25) is 5.91 Å². The SMILES string of the molecule is C=C(CCN(Cc1ccc(Cl)cc1)S(=O)(=O)c1ccccn1)C1=N[C@@H](C(=O)NCCC(F)(F)F)C(C)(C)N1. The van der Waals surface area contributed by atoms with E-state index in [2.05, 4.69) is 27.2 Å². The van der Waals surface area contributed by atoms with Crippen molar-refractivity contribution in [1.29, 1.82) is 0 Å². The molecule has 1 aliphatic rings. The first-order chi connectivity index (χ1) is 17.7. The van der Waals surface area contributed by atoms with E-state index in [1.165, 1.54) is 16.6 Å². The van der Waals surface area contributed by atoms with E-state index in [4.69, 9.17) is 11.6 Å². The van der Waals surface area contributed by atoms with Gasteiger partial charge >= 0.3 is 6.18 Å². The molecular weight excluding hydrogens is 543 g/mol. The third-order valence-corrected chi connectivity index (χ3v) is 7.86. The van der Waals surface area contributed by atoms with E-state index in [0.717, 1.165) is 0 Å².